The summed E-state index contributed by atoms with van der Waals surface area (Å²) >= 11 is 0. The number of phenols is 1. The van der Waals surface area contributed by atoms with Gasteiger partial charge in [-0.1, -0.05) is 11.2 Å². The summed E-state index contributed by atoms with van der Waals surface area (Å²) < 4.78 is 30.5. The highest BCUT2D eigenvalue weighted by Gasteiger charge is 2.14. The largest absolute Gasteiger partial charge is 0.508 e. The molecule has 6 nitrogen and oxygen atoms in total. The Morgan fingerprint density at radius 3 is 2.82 bits per heavy atom. The van der Waals surface area contributed by atoms with Crippen molar-refractivity contribution in [2.75, 3.05) is 0 Å². The number of hydrogen-bond donors (Lipinski definition) is 2. The van der Waals surface area contributed by atoms with Crippen molar-refractivity contribution < 1.29 is 18.0 Å². The second kappa shape index (κ2) is 4.56. The molecule has 2 N–H and O–H groups in total. The molecule has 0 saturated heterocycles. The van der Waals surface area contributed by atoms with Crippen molar-refractivity contribution in [3.8, 4) is 5.75 Å². The highest BCUT2D eigenvalue weighted by Crippen LogP contribution is 2.15. The molecular formula is C10H10N2O4S. The summed E-state index contributed by atoms with van der Waals surface area (Å²) in [5.41, 5.74) is 0.480. The minimum Gasteiger partial charge on any atom is -0.508 e. The number of aromatic nitrogens is 1. The summed E-state index contributed by atoms with van der Waals surface area (Å²) in [7, 11) is -3.65. The Morgan fingerprint density at radius 1 is 1.35 bits per heavy atom. The minimum atomic E-state index is -3.65. The molecule has 0 aliphatic carbocycles. The van der Waals surface area contributed by atoms with Crippen molar-refractivity contribution in [3.63, 3.8) is 0 Å². The zero-order valence-corrected chi connectivity index (χ0v) is 9.52. The molecule has 1 heterocycles. The lowest BCUT2D eigenvalue weighted by Gasteiger charge is -2.05. The van der Waals surface area contributed by atoms with E-state index in [-0.39, 0.29) is 17.2 Å². The molecule has 0 spiro atoms. The third kappa shape index (κ3) is 2.83. The Labute approximate surface area is 97.9 Å². The quantitative estimate of drug-likeness (QED) is 0.844. The van der Waals surface area contributed by atoms with Crippen molar-refractivity contribution in [2.45, 2.75) is 11.4 Å². The minimum absolute atomic E-state index is 0.000921. The monoisotopic (exact) mass is 254 g/mol. The molecule has 0 aliphatic rings. The summed E-state index contributed by atoms with van der Waals surface area (Å²) in [5, 5.41) is 12.8. The van der Waals surface area contributed by atoms with Gasteiger partial charge in [-0.15, -0.1) is 0 Å². The number of phenolic OH excluding ortho intramolecular Hbond substituents is 1. The summed E-state index contributed by atoms with van der Waals surface area (Å²) in [5.74, 6) is -0.102. The highest BCUT2D eigenvalue weighted by molar-refractivity contribution is 7.89. The molecule has 17 heavy (non-hydrogen) atoms. The van der Waals surface area contributed by atoms with Gasteiger partial charge in [-0.05, 0) is 18.2 Å². The first-order chi connectivity index (χ1) is 8.08. The molecule has 2 aromatic rings. The number of benzene rings is 1. The van der Waals surface area contributed by atoms with Crippen molar-refractivity contribution in [1.29, 1.82) is 0 Å². The summed E-state index contributed by atoms with van der Waals surface area (Å²) in [6.45, 7) is 0.0362. The van der Waals surface area contributed by atoms with Gasteiger partial charge in [0, 0.05) is 6.07 Å². The van der Waals surface area contributed by atoms with E-state index < -0.39 is 10.0 Å². The van der Waals surface area contributed by atoms with Crippen molar-refractivity contribution in [2.24, 2.45) is 0 Å². The molecule has 90 valence electrons. The fourth-order valence-corrected chi connectivity index (χ4v) is 2.27. The van der Waals surface area contributed by atoms with Gasteiger partial charge in [0.2, 0.25) is 10.0 Å². The van der Waals surface area contributed by atoms with Gasteiger partial charge in [-0.2, -0.15) is 0 Å². The molecule has 1 aromatic carbocycles. The predicted octanol–water partition coefficient (Wildman–Crippen LogP) is 0.859. The van der Waals surface area contributed by atoms with Crippen LogP contribution in [0.1, 0.15) is 5.69 Å². The lowest BCUT2D eigenvalue weighted by molar-refractivity contribution is 0.411. The van der Waals surface area contributed by atoms with E-state index in [1.54, 1.807) is 6.07 Å². The molecule has 0 amide bonds. The normalized spacial score (nSPS) is 11.5. The van der Waals surface area contributed by atoms with Crippen LogP contribution in [-0.4, -0.2) is 18.7 Å². The Morgan fingerprint density at radius 2 is 2.18 bits per heavy atom. The second-order valence-corrected chi connectivity index (χ2v) is 5.08. The van der Waals surface area contributed by atoms with E-state index in [4.69, 9.17) is 0 Å². The number of aromatic hydroxyl groups is 1. The van der Waals surface area contributed by atoms with Gasteiger partial charge in [0.1, 0.15) is 12.0 Å². The Balaban J connectivity index is 2.14. The fraction of sp³-hybridized carbons (Fsp3) is 0.100. The Hall–Kier alpha value is -1.86. The Kier molecular flexibility index (Phi) is 3.12. The van der Waals surface area contributed by atoms with Gasteiger partial charge in [-0.3, -0.25) is 0 Å². The van der Waals surface area contributed by atoms with Gasteiger partial charge in [0.15, 0.2) is 0 Å². The van der Waals surface area contributed by atoms with E-state index in [1.165, 1.54) is 30.5 Å². The predicted molar refractivity (Wildman–Crippen MR) is 58.6 cm³/mol. The lowest BCUT2D eigenvalue weighted by atomic mass is 10.3. The van der Waals surface area contributed by atoms with Crippen molar-refractivity contribution in [1.82, 2.24) is 9.88 Å². The van der Waals surface area contributed by atoms with Crippen LogP contribution in [0.15, 0.2) is 46.0 Å². The van der Waals surface area contributed by atoms with Gasteiger partial charge < -0.3 is 9.63 Å². The van der Waals surface area contributed by atoms with E-state index in [0.29, 0.717) is 5.69 Å². The van der Waals surface area contributed by atoms with Crippen LogP contribution in [0, 0.1) is 0 Å². The smallest absolute Gasteiger partial charge is 0.241 e. The van der Waals surface area contributed by atoms with Gasteiger partial charge in [-0.25, -0.2) is 13.1 Å². The van der Waals surface area contributed by atoms with Crippen LogP contribution in [0.3, 0.4) is 0 Å². The molecule has 0 radical (unpaired) electrons. The molecule has 1 aromatic heterocycles. The standard InChI is InChI=1S/C10H10N2O4S/c13-9-2-1-3-10(6-9)17(14,15)11-7-8-4-5-16-12-8/h1-6,11,13H,7H2. The number of rotatable bonds is 4. The molecular weight excluding hydrogens is 244 g/mol. The Bertz CT molecular complexity index is 593. The van der Waals surface area contributed by atoms with Crippen LogP contribution in [-0.2, 0) is 16.6 Å². The molecule has 0 fully saturated rings. The maximum Gasteiger partial charge on any atom is 0.241 e. The van der Waals surface area contributed by atoms with E-state index in [0.717, 1.165) is 0 Å². The van der Waals surface area contributed by atoms with E-state index in [9.17, 15) is 13.5 Å². The van der Waals surface area contributed by atoms with Crippen molar-refractivity contribution >= 4 is 10.0 Å². The topological polar surface area (TPSA) is 92.4 Å². The maximum absolute atomic E-state index is 11.8. The number of nitrogens with one attached hydrogen (secondary N) is 1. The SMILES string of the molecule is O=S(=O)(NCc1ccon1)c1cccc(O)c1. The molecule has 0 saturated carbocycles. The van der Waals surface area contributed by atoms with Crippen LogP contribution in [0.4, 0.5) is 0 Å². The van der Waals surface area contributed by atoms with Crippen LogP contribution < -0.4 is 4.72 Å². The number of hydrogen-bond acceptors (Lipinski definition) is 5. The van der Waals surface area contributed by atoms with Crippen LogP contribution in [0.2, 0.25) is 0 Å². The molecule has 0 bridgehead atoms. The van der Waals surface area contributed by atoms with Crippen LogP contribution in [0.5, 0.6) is 5.75 Å². The van der Waals surface area contributed by atoms with Gasteiger partial charge in [0.25, 0.3) is 0 Å². The second-order valence-electron chi connectivity index (χ2n) is 3.31. The zero-order valence-electron chi connectivity index (χ0n) is 8.70. The first-order valence-electron chi connectivity index (χ1n) is 4.76. The molecule has 0 unspecified atom stereocenters. The van der Waals surface area contributed by atoms with E-state index in [2.05, 4.69) is 14.4 Å². The van der Waals surface area contributed by atoms with Crippen molar-refractivity contribution in [3.05, 3.63) is 42.3 Å². The summed E-state index contributed by atoms with van der Waals surface area (Å²) in [4.78, 5) is 0.000921. The maximum atomic E-state index is 11.8. The number of nitrogens with zero attached hydrogens (tertiary/aromatic N) is 1. The molecule has 2 rings (SSSR count). The third-order valence-electron chi connectivity index (χ3n) is 2.06. The van der Waals surface area contributed by atoms with Crippen LogP contribution in [0.25, 0.3) is 0 Å². The van der Waals surface area contributed by atoms with Crippen LogP contribution >= 0.6 is 0 Å². The highest BCUT2D eigenvalue weighted by atomic mass is 32.2. The third-order valence-corrected chi connectivity index (χ3v) is 3.46. The van der Waals surface area contributed by atoms with Gasteiger partial charge in [0.05, 0.1) is 17.1 Å². The first kappa shape index (κ1) is 11.6. The van der Waals surface area contributed by atoms with Gasteiger partial charge >= 0.3 is 0 Å². The average molecular weight is 254 g/mol. The molecule has 7 heteroatoms. The first-order valence-corrected chi connectivity index (χ1v) is 6.24. The number of sulfonamides is 1. The average Bonchev–Trinajstić information content (AvgIpc) is 2.79. The summed E-state index contributed by atoms with van der Waals surface area (Å²) in [6, 6.07) is 6.98. The zero-order chi connectivity index (χ0) is 12.3. The summed E-state index contributed by atoms with van der Waals surface area (Å²) in [6.07, 6.45) is 1.36. The van der Waals surface area contributed by atoms with E-state index >= 15 is 0 Å². The fourth-order valence-electron chi connectivity index (χ4n) is 1.23. The molecule has 0 atom stereocenters. The lowest BCUT2D eigenvalue weighted by Crippen LogP contribution is -2.23. The molecule has 0 aliphatic heterocycles. The van der Waals surface area contributed by atoms with E-state index in [1.807, 2.05) is 0 Å².